The highest BCUT2D eigenvalue weighted by atomic mass is 32.2. The third kappa shape index (κ3) is 5.31. The predicted molar refractivity (Wildman–Crippen MR) is 84.1 cm³/mol. The molecule has 1 unspecified atom stereocenters. The third-order valence-electron chi connectivity index (χ3n) is 3.69. The fourth-order valence-corrected chi connectivity index (χ4v) is 4.76. The van der Waals surface area contributed by atoms with E-state index in [9.17, 15) is 8.42 Å². The van der Waals surface area contributed by atoms with E-state index in [4.69, 9.17) is 5.73 Å². The molecule has 1 heterocycles. The quantitative estimate of drug-likeness (QED) is 0.798. The molecule has 6 heteroatoms. The molecule has 120 valence electrons. The number of nitrogens with two attached hydrogens (primary N) is 1. The average molecular weight is 305 g/mol. The average Bonchev–Trinajstić information content (AvgIpc) is 2.33. The van der Waals surface area contributed by atoms with Crippen molar-refractivity contribution in [3.05, 3.63) is 0 Å². The Bertz CT molecular complexity index is 382. The summed E-state index contributed by atoms with van der Waals surface area (Å²) in [6, 6.07) is 0.396. The van der Waals surface area contributed by atoms with Crippen molar-refractivity contribution in [3.63, 3.8) is 0 Å². The molecule has 2 N–H and O–H groups in total. The summed E-state index contributed by atoms with van der Waals surface area (Å²) in [5.41, 5.74) is 5.62. The van der Waals surface area contributed by atoms with Gasteiger partial charge in [-0.05, 0) is 11.8 Å². The molecule has 0 radical (unpaired) electrons. The second-order valence-corrected chi connectivity index (χ2v) is 8.90. The lowest BCUT2D eigenvalue weighted by Gasteiger charge is -2.39. The van der Waals surface area contributed by atoms with E-state index in [1.54, 1.807) is 4.31 Å². The molecular weight excluding hydrogens is 274 g/mol. The van der Waals surface area contributed by atoms with Crippen LogP contribution < -0.4 is 5.73 Å². The minimum atomic E-state index is -3.13. The minimum Gasteiger partial charge on any atom is -0.329 e. The van der Waals surface area contributed by atoms with E-state index in [1.807, 2.05) is 20.8 Å². The molecule has 0 saturated carbocycles. The van der Waals surface area contributed by atoms with Crippen molar-refractivity contribution < 1.29 is 8.42 Å². The lowest BCUT2D eigenvalue weighted by Crippen LogP contribution is -2.54. The maximum Gasteiger partial charge on any atom is 0.214 e. The Morgan fingerprint density at radius 3 is 2.10 bits per heavy atom. The predicted octanol–water partition coefficient (Wildman–Crippen LogP) is 1.11. The van der Waals surface area contributed by atoms with Gasteiger partial charge in [0.2, 0.25) is 10.0 Å². The molecule has 1 aliphatic rings. The first kappa shape index (κ1) is 17.9. The first-order chi connectivity index (χ1) is 9.19. The Morgan fingerprint density at radius 1 is 1.15 bits per heavy atom. The van der Waals surface area contributed by atoms with Gasteiger partial charge in [0, 0.05) is 38.8 Å². The van der Waals surface area contributed by atoms with E-state index in [0.29, 0.717) is 25.7 Å². The Morgan fingerprint density at radius 2 is 1.70 bits per heavy atom. The van der Waals surface area contributed by atoms with Gasteiger partial charge in [0.05, 0.1) is 5.75 Å². The smallest absolute Gasteiger partial charge is 0.214 e. The zero-order valence-corrected chi connectivity index (χ0v) is 14.2. The maximum absolute atomic E-state index is 12.4. The van der Waals surface area contributed by atoms with Crippen molar-refractivity contribution in [1.82, 2.24) is 9.21 Å². The van der Waals surface area contributed by atoms with Gasteiger partial charge in [-0.1, -0.05) is 34.1 Å². The van der Waals surface area contributed by atoms with Crippen LogP contribution in [0.15, 0.2) is 0 Å². The van der Waals surface area contributed by atoms with Crippen molar-refractivity contribution in [2.45, 2.75) is 46.6 Å². The SMILES string of the molecule is CCCC(CN)N1CCN(S(=O)(=O)CC(C)(C)C)CC1. The van der Waals surface area contributed by atoms with Crippen LogP contribution >= 0.6 is 0 Å². The lowest BCUT2D eigenvalue weighted by molar-refractivity contribution is 0.133. The number of sulfonamides is 1. The Labute approximate surface area is 124 Å². The largest absolute Gasteiger partial charge is 0.329 e. The van der Waals surface area contributed by atoms with Crippen molar-refractivity contribution in [3.8, 4) is 0 Å². The molecule has 1 saturated heterocycles. The number of rotatable bonds is 6. The normalized spacial score (nSPS) is 21.1. The van der Waals surface area contributed by atoms with Crippen LogP contribution in [0.5, 0.6) is 0 Å². The van der Waals surface area contributed by atoms with Crippen molar-refractivity contribution in [2.75, 3.05) is 38.5 Å². The van der Waals surface area contributed by atoms with Gasteiger partial charge in [-0.25, -0.2) is 8.42 Å². The molecule has 0 aromatic carbocycles. The molecule has 5 nitrogen and oxygen atoms in total. The minimum absolute atomic E-state index is 0.196. The first-order valence-corrected chi connectivity index (χ1v) is 9.22. The zero-order chi connectivity index (χ0) is 15.4. The number of hydrogen-bond acceptors (Lipinski definition) is 4. The van der Waals surface area contributed by atoms with Gasteiger partial charge in [0.1, 0.15) is 0 Å². The third-order valence-corrected chi connectivity index (χ3v) is 6.08. The van der Waals surface area contributed by atoms with E-state index in [2.05, 4.69) is 11.8 Å². The number of nitrogens with zero attached hydrogens (tertiary/aromatic N) is 2. The molecule has 0 spiro atoms. The van der Waals surface area contributed by atoms with Crippen LogP contribution in [0.25, 0.3) is 0 Å². The number of piperazine rings is 1. The Balaban J connectivity index is 2.57. The Hall–Kier alpha value is -0.170. The van der Waals surface area contributed by atoms with Gasteiger partial charge in [-0.15, -0.1) is 0 Å². The summed E-state index contributed by atoms with van der Waals surface area (Å²) in [5.74, 6) is 0.218. The van der Waals surface area contributed by atoms with Crippen molar-refractivity contribution in [2.24, 2.45) is 11.1 Å². The molecule has 1 aliphatic heterocycles. The summed E-state index contributed by atoms with van der Waals surface area (Å²) in [7, 11) is -3.13. The topological polar surface area (TPSA) is 66.6 Å². The van der Waals surface area contributed by atoms with Crippen LogP contribution in [0, 0.1) is 5.41 Å². The van der Waals surface area contributed by atoms with E-state index in [1.165, 1.54) is 0 Å². The van der Waals surface area contributed by atoms with Crippen LogP contribution in [0.4, 0.5) is 0 Å². The van der Waals surface area contributed by atoms with Crippen LogP contribution in [-0.4, -0.2) is 62.1 Å². The van der Waals surface area contributed by atoms with Crippen LogP contribution in [0.3, 0.4) is 0 Å². The highest BCUT2D eigenvalue weighted by Gasteiger charge is 2.32. The van der Waals surface area contributed by atoms with Gasteiger partial charge >= 0.3 is 0 Å². The lowest BCUT2D eigenvalue weighted by atomic mass is 10.0. The van der Waals surface area contributed by atoms with E-state index in [0.717, 1.165) is 25.9 Å². The second kappa shape index (κ2) is 7.20. The molecule has 20 heavy (non-hydrogen) atoms. The molecule has 0 amide bonds. The van der Waals surface area contributed by atoms with Gasteiger partial charge < -0.3 is 5.73 Å². The van der Waals surface area contributed by atoms with E-state index < -0.39 is 10.0 Å². The van der Waals surface area contributed by atoms with Gasteiger partial charge in [0.15, 0.2) is 0 Å². The van der Waals surface area contributed by atoms with Gasteiger partial charge in [-0.3, -0.25) is 4.90 Å². The van der Waals surface area contributed by atoms with E-state index in [-0.39, 0.29) is 11.2 Å². The highest BCUT2D eigenvalue weighted by molar-refractivity contribution is 7.89. The molecule has 0 aromatic rings. The second-order valence-electron chi connectivity index (χ2n) is 6.93. The summed E-state index contributed by atoms with van der Waals surface area (Å²) in [4.78, 5) is 2.34. The number of hydrogen-bond donors (Lipinski definition) is 1. The Kier molecular flexibility index (Phi) is 6.44. The van der Waals surface area contributed by atoms with Crippen LogP contribution in [0.1, 0.15) is 40.5 Å². The first-order valence-electron chi connectivity index (χ1n) is 7.61. The summed E-state index contributed by atoms with van der Waals surface area (Å²) >= 11 is 0. The van der Waals surface area contributed by atoms with Crippen molar-refractivity contribution >= 4 is 10.0 Å². The van der Waals surface area contributed by atoms with E-state index >= 15 is 0 Å². The maximum atomic E-state index is 12.4. The van der Waals surface area contributed by atoms with Crippen molar-refractivity contribution in [1.29, 1.82) is 0 Å². The summed E-state index contributed by atoms with van der Waals surface area (Å²) in [5, 5.41) is 0. The monoisotopic (exact) mass is 305 g/mol. The van der Waals surface area contributed by atoms with Crippen LogP contribution in [-0.2, 0) is 10.0 Å². The summed E-state index contributed by atoms with van der Waals surface area (Å²) < 4.78 is 26.4. The fourth-order valence-electron chi connectivity index (χ4n) is 2.77. The molecule has 0 aromatic heterocycles. The molecular formula is C14H31N3O2S. The van der Waals surface area contributed by atoms with Crippen LogP contribution in [0.2, 0.25) is 0 Å². The highest BCUT2D eigenvalue weighted by Crippen LogP contribution is 2.20. The zero-order valence-electron chi connectivity index (χ0n) is 13.4. The fraction of sp³-hybridized carbons (Fsp3) is 1.00. The molecule has 0 aliphatic carbocycles. The molecule has 1 fully saturated rings. The molecule has 1 atom stereocenters. The standard InChI is InChI=1S/C14H31N3O2S/c1-5-6-13(11-15)16-7-9-17(10-8-16)20(18,19)12-14(2,3)4/h13H,5-12,15H2,1-4H3. The summed E-state index contributed by atoms with van der Waals surface area (Å²) in [6.45, 7) is 11.5. The van der Waals surface area contributed by atoms with Gasteiger partial charge in [-0.2, -0.15) is 4.31 Å². The summed E-state index contributed by atoms with van der Waals surface area (Å²) in [6.07, 6.45) is 2.20. The van der Waals surface area contributed by atoms with Gasteiger partial charge in [0.25, 0.3) is 0 Å². The molecule has 1 rings (SSSR count). The molecule has 0 bridgehead atoms.